The molecule has 2 aliphatic rings. The van der Waals surface area contributed by atoms with Crippen molar-refractivity contribution in [2.24, 2.45) is 0 Å². The van der Waals surface area contributed by atoms with E-state index in [1.54, 1.807) is 0 Å². The first-order valence-corrected chi connectivity index (χ1v) is 6.14. The fraction of sp³-hybridized carbons (Fsp3) is 0.636. The van der Waals surface area contributed by atoms with Crippen molar-refractivity contribution in [3.63, 3.8) is 0 Å². The largest absolute Gasteiger partial charge is 0.296 e. The van der Waals surface area contributed by atoms with Gasteiger partial charge in [0.15, 0.2) is 0 Å². The van der Waals surface area contributed by atoms with Crippen LogP contribution < -0.4 is 5.32 Å². The van der Waals surface area contributed by atoms with Gasteiger partial charge in [0.05, 0.1) is 18.5 Å². The molecule has 1 saturated heterocycles. The highest BCUT2D eigenvalue weighted by Crippen LogP contribution is 2.31. The van der Waals surface area contributed by atoms with E-state index in [1.807, 2.05) is 6.92 Å². The molecule has 2 N–H and O–H groups in total. The Kier molecular flexibility index (Phi) is 2.62. The van der Waals surface area contributed by atoms with Crippen molar-refractivity contribution >= 4 is 11.8 Å². The predicted octanol–water partition coefficient (Wildman–Crippen LogP) is -0.255. The topological polar surface area (TPSA) is 91.0 Å². The summed E-state index contributed by atoms with van der Waals surface area (Å²) in [6, 6.07) is -0.413. The van der Waals surface area contributed by atoms with Gasteiger partial charge >= 0.3 is 0 Å². The molecular weight excluding hydrogens is 234 g/mol. The molecule has 3 rings (SSSR count). The van der Waals surface area contributed by atoms with Crippen LogP contribution in [0, 0.1) is 0 Å². The van der Waals surface area contributed by atoms with Crippen molar-refractivity contribution in [1.29, 1.82) is 0 Å². The van der Waals surface area contributed by atoms with Crippen molar-refractivity contribution in [1.82, 2.24) is 25.4 Å². The lowest BCUT2D eigenvalue weighted by atomic mass is 10.2. The molecule has 1 saturated carbocycles. The summed E-state index contributed by atoms with van der Waals surface area (Å²) in [5.41, 5.74) is 0. The molecule has 0 spiro atoms. The summed E-state index contributed by atoms with van der Waals surface area (Å²) in [6.45, 7) is 1.89. The second kappa shape index (κ2) is 4.16. The van der Waals surface area contributed by atoms with Crippen LogP contribution >= 0.6 is 0 Å². The molecule has 96 valence electrons. The highest BCUT2D eigenvalue weighted by molar-refractivity contribution is 6.06. The zero-order valence-electron chi connectivity index (χ0n) is 10.1. The average Bonchev–Trinajstić information content (AvgIpc) is 2.91. The zero-order valence-corrected chi connectivity index (χ0v) is 10.1. The van der Waals surface area contributed by atoms with Crippen LogP contribution in [0.3, 0.4) is 0 Å². The summed E-state index contributed by atoms with van der Waals surface area (Å²) in [6.07, 6.45) is 3.56. The van der Waals surface area contributed by atoms with E-state index in [0.29, 0.717) is 5.82 Å². The lowest BCUT2D eigenvalue weighted by Gasteiger charge is -2.17. The van der Waals surface area contributed by atoms with Crippen LogP contribution in [0.4, 0.5) is 0 Å². The number of nitrogens with one attached hydrogen (secondary N) is 2. The van der Waals surface area contributed by atoms with E-state index in [4.69, 9.17) is 0 Å². The minimum Gasteiger partial charge on any atom is -0.296 e. The molecule has 18 heavy (non-hydrogen) atoms. The van der Waals surface area contributed by atoms with Gasteiger partial charge in [-0.1, -0.05) is 0 Å². The third-order valence-electron chi connectivity index (χ3n) is 3.39. The number of likely N-dealkylation sites (tertiary alicyclic amines) is 1. The number of H-pyrrole nitrogens is 1. The minimum absolute atomic E-state index is 0.0650. The number of rotatable bonds is 4. The number of carbonyl (C=O) groups excluding carboxylic acids is 2. The molecule has 7 heteroatoms. The van der Waals surface area contributed by atoms with Gasteiger partial charge in [0.2, 0.25) is 11.8 Å². The summed E-state index contributed by atoms with van der Waals surface area (Å²) in [5, 5.41) is 9.64. The standard InChI is InChI=1S/C11H15N5O2/c1-6(10-12-5-13-15-10)14-8-4-9(17)16(11(8)18)7-2-3-7/h5-8,14H,2-4H2,1H3,(H,12,13,15). The van der Waals surface area contributed by atoms with Crippen molar-refractivity contribution in [3.8, 4) is 0 Å². The van der Waals surface area contributed by atoms with E-state index in [9.17, 15) is 9.59 Å². The molecule has 1 aromatic heterocycles. The maximum atomic E-state index is 12.1. The van der Waals surface area contributed by atoms with Crippen molar-refractivity contribution in [3.05, 3.63) is 12.2 Å². The summed E-state index contributed by atoms with van der Waals surface area (Å²) < 4.78 is 0. The van der Waals surface area contributed by atoms with Gasteiger partial charge in [-0.05, 0) is 19.8 Å². The first-order valence-electron chi connectivity index (χ1n) is 6.14. The summed E-state index contributed by atoms with van der Waals surface area (Å²) in [5.74, 6) is 0.499. The van der Waals surface area contributed by atoms with Crippen LogP contribution in [0.5, 0.6) is 0 Å². The van der Waals surface area contributed by atoms with Crippen LogP contribution in [-0.2, 0) is 9.59 Å². The highest BCUT2D eigenvalue weighted by Gasteiger charge is 2.46. The molecular formula is C11H15N5O2. The normalized spacial score (nSPS) is 25.8. The first-order chi connectivity index (χ1) is 8.66. The van der Waals surface area contributed by atoms with Gasteiger partial charge in [-0.2, -0.15) is 5.10 Å². The molecule has 2 fully saturated rings. The first kappa shape index (κ1) is 11.3. The van der Waals surface area contributed by atoms with Crippen molar-refractivity contribution < 1.29 is 9.59 Å². The monoisotopic (exact) mass is 249 g/mol. The number of imide groups is 1. The number of amides is 2. The zero-order chi connectivity index (χ0) is 12.7. The number of aromatic nitrogens is 3. The Hall–Kier alpha value is -1.76. The molecule has 0 radical (unpaired) electrons. The number of hydrogen-bond donors (Lipinski definition) is 2. The third kappa shape index (κ3) is 1.90. The number of nitrogens with zero attached hydrogens (tertiary/aromatic N) is 3. The number of hydrogen-bond acceptors (Lipinski definition) is 5. The van der Waals surface area contributed by atoms with Gasteiger partial charge in [0.25, 0.3) is 0 Å². The molecule has 1 aliphatic carbocycles. The van der Waals surface area contributed by atoms with E-state index in [1.165, 1.54) is 11.2 Å². The Morgan fingerprint density at radius 2 is 2.28 bits per heavy atom. The summed E-state index contributed by atoms with van der Waals surface area (Å²) in [7, 11) is 0. The molecule has 2 heterocycles. The average molecular weight is 249 g/mol. The molecule has 2 amide bonds. The SMILES string of the molecule is CC(NC1CC(=O)N(C2CC2)C1=O)c1ncn[nH]1. The smallest absolute Gasteiger partial charge is 0.247 e. The highest BCUT2D eigenvalue weighted by atomic mass is 16.2. The fourth-order valence-electron chi connectivity index (χ4n) is 2.30. The third-order valence-corrected chi connectivity index (χ3v) is 3.39. The van der Waals surface area contributed by atoms with Crippen molar-refractivity contribution in [2.45, 2.75) is 44.3 Å². The molecule has 0 aromatic carbocycles. The maximum absolute atomic E-state index is 12.1. The van der Waals surface area contributed by atoms with Gasteiger partial charge in [-0.15, -0.1) is 0 Å². The lowest BCUT2D eigenvalue weighted by molar-refractivity contribution is -0.139. The molecule has 2 unspecified atom stereocenters. The second-order valence-corrected chi connectivity index (χ2v) is 4.85. The number of aromatic amines is 1. The van der Waals surface area contributed by atoms with Crippen LogP contribution in [0.1, 0.15) is 38.1 Å². The molecule has 7 nitrogen and oxygen atoms in total. The van der Waals surface area contributed by atoms with Gasteiger partial charge in [0, 0.05) is 6.04 Å². The van der Waals surface area contributed by atoms with E-state index >= 15 is 0 Å². The van der Waals surface area contributed by atoms with E-state index in [0.717, 1.165) is 12.8 Å². The van der Waals surface area contributed by atoms with Crippen LogP contribution in [0.15, 0.2) is 6.33 Å². The van der Waals surface area contributed by atoms with Crippen LogP contribution in [0.25, 0.3) is 0 Å². The van der Waals surface area contributed by atoms with E-state index in [2.05, 4.69) is 20.5 Å². The summed E-state index contributed by atoms with van der Waals surface area (Å²) in [4.78, 5) is 29.3. The second-order valence-electron chi connectivity index (χ2n) is 4.85. The van der Waals surface area contributed by atoms with Crippen molar-refractivity contribution in [2.75, 3.05) is 0 Å². The lowest BCUT2D eigenvalue weighted by Crippen LogP contribution is -2.40. The van der Waals surface area contributed by atoms with Crippen LogP contribution in [-0.4, -0.2) is 44.0 Å². The van der Waals surface area contributed by atoms with E-state index < -0.39 is 6.04 Å². The Morgan fingerprint density at radius 1 is 1.50 bits per heavy atom. The predicted molar refractivity (Wildman–Crippen MR) is 61.2 cm³/mol. The van der Waals surface area contributed by atoms with Gasteiger partial charge in [0.1, 0.15) is 12.2 Å². The Morgan fingerprint density at radius 3 is 2.89 bits per heavy atom. The fourth-order valence-corrected chi connectivity index (χ4v) is 2.30. The maximum Gasteiger partial charge on any atom is 0.247 e. The Bertz CT molecular complexity index is 468. The van der Waals surface area contributed by atoms with Gasteiger partial charge in [-0.3, -0.25) is 24.9 Å². The Balaban J connectivity index is 1.67. The molecule has 1 aliphatic heterocycles. The number of carbonyl (C=O) groups is 2. The summed E-state index contributed by atoms with van der Waals surface area (Å²) >= 11 is 0. The Labute approximate surface area is 104 Å². The molecule has 2 atom stereocenters. The van der Waals surface area contributed by atoms with Gasteiger partial charge in [-0.25, -0.2) is 4.98 Å². The minimum atomic E-state index is -0.432. The van der Waals surface area contributed by atoms with E-state index in [-0.39, 0.29) is 30.3 Å². The molecule has 0 bridgehead atoms. The van der Waals surface area contributed by atoms with Gasteiger partial charge < -0.3 is 0 Å². The molecule has 1 aromatic rings. The van der Waals surface area contributed by atoms with Crippen LogP contribution in [0.2, 0.25) is 0 Å². The quantitative estimate of drug-likeness (QED) is 0.718.